The molecule has 0 aliphatic carbocycles. The molecule has 0 amide bonds. The molecule has 0 radical (unpaired) electrons. The van der Waals surface area contributed by atoms with Gasteiger partial charge in [-0.15, -0.1) is 12.4 Å². The summed E-state index contributed by atoms with van der Waals surface area (Å²) in [6.45, 7) is 0. The molecule has 0 atom stereocenters. The van der Waals surface area contributed by atoms with Crippen molar-refractivity contribution in [2.45, 2.75) is 6.18 Å². The molecule has 136 valence electrons. The van der Waals surface area contributed by atoms with Crippen molar-refractivity contribution >= 4 is 23.3 Å². The molecule has 0 fully saturated rings. The summed E-state index contributed by atoms with van der Waals surface area (Å²) in [6.07, 6.45) is -4.38. The molecule has 5 heteroatoms. The van der Waals surface area contributed by atoms with Crippen molar-refractivity contribution < 1.29 is 13.2 Å². The Hall–Kier alpha value is -2.85. The number of nitrogens with zero attached hydrogens (tertiary/aromatic N) is 1. The van der Waals surface area contributed by atoms with E-state index < -0.39 is 11.7 Å². The topological polar surface area (TPSA) is 12.9 Å². The first-order chi connectivity index (χ1) is 12.5. The van der Waals surface area contributed by atoms with Crippen LogP contribution in [0.3, 0.4) is 0 Å². The second kappa shape index (κ2) is 7.41. The number of para-hydroxylation sites is 1. The fourth-order valence-electron chi connectivity index (χ4n) is 3.03. The zero-order chi connectivity index (χ0) is 18.1. The van der Waals surface area contributed by atoms with E-state index in [1.54, 1.807) is 6.07 Å². The average Bonchev–Trinajstić information content (AvgIpc) is 2.67. The Morgan fingerprint density at radius 2 is 1.33 bits per heavy atom. The van der Waals surface area contributed by atoms with Gasteiger partial charge in [0.25, 0.3) is 0 Å². The molecule has 0 saturated carbocycles. The number of rotatable bonds is 2. The summed E-state index contributed by atoms with van der Waals surface area (Å²) < 4.78 is 39.2. The second-order valence-electron chi connectivity index (χ2n) is 6.02. The van der Waals surface area contributed by atoms with Gasteiger partial charge in [0.15, 0.2) is 0 Å². The number of hydrogen-bond acceptors (Lipinski definition) is 1. The largest absolute Gasteiger partial charge is 0.416 e. The van der Waals surface area contributed by atoms with E-state index in [4.69, 9.17) is 0 Å². The first kappa shape index (κ1) is 18.9. The number of hydrogen-bond donors (Lipinski definition) is 0. The van der Waals surface area contributed by atoms with Crippen LogP contribution in [0.15, 0.2) is 84.9 Å². The van der Waals surface area contributed by atoms with Gasteiger partial charge >= 0.3 is 6.18 Å². The number of halogens is 4. The van der Waals surface area contributed by atoms with E-state index in [1.165, 1.54) is 6.07 Å². The Balaban J connectivity index is 0.00000210. The molecule has 1 nitrogen and oxygen atoms in total. The first-order valence-electron chi connectivity index (χ1n) is 8.15. The highest BCUT2D eigenvalue weighted by molar-refractivity contribution is 5.96. The lowest BCUT2D eigenvalue weighted by atomic mass is 9.98. The van der Waals surface area contributed by atoms with Crippen LogP contribution in [0.4, 0.5) is 13.2 Å². The van der Waals surface area contributed by atoms with Gasteiger partial charge < -0.3 is 0 Å². The van der Waals surface area contributed by atoms with E-state index in [9.17, 15) is 13.2 Å². The van der Waals surface area contributed by atoms with E-state index in [0.717, 1.165) is 34.2 Å². The third kappa shape index (κ3) is 3.81. The molecule has 1 heterocycles. The molecular formula is C22H15ClF3N. The van der Waals surface area contributed by atoms with E-state index >= 15 is 0 Å². The molecule has 0 aliphatic rings. The highest BCUT2D eigenvalue weighted by Crippen LogP contribution is 2.35. The zero-order valence-corrected chi connectivity index (χ0v) is 14.9. The van der Waals surface area contributed by atoms with Crippen molar-refractivity contribution in [2.75, 3.05) is 0 Å². The number of fused-ring (bicyclic) bond motifs is 1. The van der Waals surface area contributed by atoms with Gasteiger partial charge in [0.05, 0.1) is 16.8 Å². The van der Waals surface area contributed by atoms with Crippen molar-refractivity contribution in [1.29, 1.82) is 0 Å². The molecule has 3 aromatic carbocycles. The highest BCUT2D eigenvalue weighted by Gasteiger charge is 2.30. The summed E-state index contributed by atoms with van der Waals surface area (Å²) in [5.41, 5.74) is 2.99. The molecule has 27 heavy (non-hydrogen) atoms. The summed E-state index contributed by atoms with van der Waals surface area (Å²) >= 11 is 0. The minimum Gasteiger partial charge on any atom is -0.248 e. The predicted octanol–water partition coefficient (Wildman–Crippen LogP) is 7.01. The maximum absolute atomic E-state index is 13.1. The third-order valence-electron chi connectivity index (χ3n) is 4.29. The van der Waals surface area contributed by atoms with Crippen LogP contribution in [0, 0.1) is 0 Å². The average molecular weight is 386 g/mol. The van der Waals surface area contributed by atoms with E-state index in [2.05, 4.69) is 4.98 Å². The molecule has 4 rings (SSSR count). The fourth-order valence-corrected chi connectivity index (χ4v) is 3.03. The molecule has 1 aromatic heterocycles. The van der Waals surface area contributed by atoms with Crippen LogP contribution >= 0.6 is 12.4 Å². The normalized spacial score (nSPS) is 11.2. The standard InChI is InChI=1S/C22H14F3N.ClH/c23-22(24,25)17-10-6-9-16(13-17)21-14-19(15-7-2-1-3-8-15)18-11-4-5-12-20(18)26-21;/h1-14H;1H. The molecular weight excluding hydrogens is 371 g/mol. The Kier molecular flexibility index (Phi) is 5.19. The molecule has 0 N–H and O–H groups in total. The molecule has 0 spiro atoms. The van der Waals surface area contributed by atoms with Crippen LogP contribution in [0.1, 0.15) is 5.56 Å². The van der Waals surface area contributed by atoms with Crippen LogP contribution in [-0.4, -0.2) is 4.98 Å². The zero-order valence-electron chi connectivity index (χ0n) is 14.1. The smallest absolute Gasteiger partial charge is 0.248 e. The summed E-state index contributed by atoms with van der Waals surface area (Å²) in [7, 11) is 0. The monoisotopic (exact) mass is 385 g/mol. The third-order valence-corrected chi connectivity index (χ3v) is 4.29. The van der Waals surface area contributed by atoms with Crippen molar-refractivity contribution in [3.63, 3.8) is 0 Å². The number of aromatic nitrogens is 1. The van der Waals surface area contributed by atoms with Gasteiger partial charge in [0.1, 0.15) is 0 Å². The Morgan fingerprint density at radius 3 is 2.07 bits per heavy atom. The van der Waals surface area contributed by atoms with Gasteiger partial charge in [-0.1, -0.05) is 60.7 Å². The van der Waals surface area contributed by atoms with Gasteiger partial charge in [-0.25, -0.2) is 4.98 Å². The lowest BCUT2D eigenvalue weighted by molar-refractivity contribution is -0.137. The maximum atomic E-state index is 13.1. The minimum atomic E-state index is -4.38. The lowest BCUT2D eigenvalue weighted by Gasteiger charge is -2.12. The van der Waals surface area contributed by atoms with Gasteiger partial charge in [0.2, 0.25) is 0 Å². The van der Waals surface area contributed by atoms with E-state index in [0.29, 0.717) is 11.3 Å². The predicted molar refractivity (Wildman–Crippen MR) is 105 cm³/mol. The Labute approximate surface area is 160 Å². The van der Waals surface area contributed by atoms with Gasteiger partial charge in [-0.3, -0.25) is 0 Å². The SMILES string of the molecule is Cl.FC(F)(F)c1cccc(-c2cc(-c3ccccc3)c3ccccc3n2)c1. The van der Waals surface area contributed by atoms with E-state index in [-0.39, 0.29) is 12.4 Å². The lowest BCUT2D eigenvalue weighted by Crippen LogP contribution is -2.04. The first-order valence-corrected chi connectivity index (χ1v) is 8.15. The second-order valence-corrected chi connectivity index (χ2v) is 6.02. The quantitative estimate of drug-likeness (QED) is 0.361. The molecule has 0 bridgehead atoms. The number of benzene rings is 3. The number of alkyl halides is 3. The molecule has 4 aromatic rings. The summed E-state index contributed by atoms with van der Waals surface area (Å²) in [5.74, 6) is 0. The van der Waals surface area contributed by atoms with Crippen LogP contribution in [0.25, 0.3) is 33.3 Å². The number of pyridine rings is 1. The van der Waals surface area contributed by atoms with E-state index in [1.807, 2.05) is 60.7 Å². The van der Waals surface area contributed by atoms with Gasteiger partial charge in [-0.05, 0) is 35.4 Å². The highest BCUT2D eigenvalue weighted by atomic mass is 35.5. The van der Waals surface area contributed by atoms with Crippen LogP contribution in [0.5, 0.6) is 0 Å². The summed E-state index contributed by atoms with van der Waals surface area (Å²) in [6, 6.07) is 24.6. The van der Waals surface area contributed by atoms with Crippen LogP contribution in [0.2, 0.25) is 0 Å². The van der Waals surface area contributed by atoms with Crippen LogP contribution < -0.4 is 0 Å². The molecule has 0 unspecified atom stereocenters. The fraction of sp³-hybridized carbons (Fsp3) is 0.0455. The summed E-state index contributed by atoms with van der Waals surface area (Å²) in [5, 5.41) is 0.967. The van der Waals surface area contributed by atoms with Gasteiger partial charge in [0, 0.05) is 10.9 Å². The molecule has 0 saturated heterocycles. The van der Waals surface area contributed by atoms with Crippen molar-refractivity contribution in [3.05, 3.63) is 90.5 Å². The molecule has 0 aliphatic heterocycles. The van der Waals surface area contributed by atoms with Gasteiger partial charge in [-0.2, -0.15) is 13.2 Å². The Morgan fingerprint density at radius 1 is 0.667 bits per heavy atom. The van der Waals surface area contributed by atoms with Crippen molar-refractivity contribution in [2.24, 2.45) is 0 Å². The minimum absolute atomic E-state index is 0. The summed E-state index contributed by atoms with van der Waals surface area (Å²) in [4.78, 5) is 4.59. The van der Waals surface area contributed by atoms with Crippen LogP contribution in [-0.2, 0) is 6.18 Å². The Bertz CT molecular complexity index is 1080. The maximum Gasteiger partial charge on any atom is 0.416 e. The van der Waals surface area contributed by atoms with Crippen molar-refractivity contribution in [3.8, 4) is 22.4 Å². The van der Waals surface area contributed by atoms with Crippen molar-refractivity contribution in [1.82, 2.24) is 4.98 Å².